The number of nitrogens with zero attached hydrogens (tertiary/aromatic N) is 3. The van der Waals surface area contributed by atoms with Gasteiger partial charge >= 0.3 is 0 Å². The van der Waals surface area contributed by atoms with Crippen molar-refractivity contribution in [1.29, 1.82) is 0 Å². The van der Waals surface area contributed by atoms with Crippen molar-refractivity contribution in [3.8, 4) is 0 Å². The summed E-state index contributed by atoms with van der Waals surface area (Å²) in [5.74, 6) is 0. The molecule has 2 aliphatic heterocycles. The molecule has 0 spiro atoms. The van der Waals surface area contributed by atoms with E-state index in [-0.39, 0.29) is 5.56 Å². The van der Waals surface area contributed by atoms with Gasteiger partial charge in [-0.05, 0) is 24.8 Å². The zero-order valence-electron chi connectivity index (χ0n) is 11.5. The van der Waals surface area contributed by atoms with Gasteiger partial charge in [0.05, 0.1) is 11.8 Å². The zero-order chi connectivity index (χ0) is 13.2. The SMILES string of the molecule is Cn1nc2c(cc1=O)CN(C[C@@H]1CCCCO1)CC2. The van der Waals surface area contributed by atoms with E-state index in [0.717, 1.165) is 50.3 Å². The molecule has 1 fully saturated rings. The van der Waals surface area contributed by atoms with Crippen molar-refractivity contribution >= 4 is 0 Å². The van der Waals surface area contributed by atoms with E-state index >= 15 is 0 Å². The van der Waals surface area contributed by atoms with Crippen LogP contribution in [-0.4, -0.2) is 40.5 Å². The zero-order valence-corrected chi connectivity index (χ0v) is 11.5. The van der Waals surface area contributed by atoms with Crippen molar-refractivity contribution in [1.82, 2.24) is 14.7 Å². The van der Waals surface area contributed by atoms with E-state index in [1.54, 1.807) is 13.1 Å². The van der Waals surface area contributed by atoms with Crippen molar-refractivity contribution in [2.75, 3.05) is 19.7 Å². The molecule has 0 aliphatic carbocycles. The molecule has 1 aromatic heterocycles. The van der Waals surface area contributed by atoms with Crippen LogP contribution in [0.25, 0.3) is 0 Å². The second-order valence-corrected chi connectivity index (χ2v) is 5.55. The Balaban J connectivity index is 1.68. The van der Waals surface area contributed by atoms with Gasteiger partial charge in [-0.3, -0.25) is 9.69 Å². The number of aromatic nitrogens is 2. The summed E-state index contributed by atoms with van der Waals surface area (Å²) in [4.78, 5) is 14.0. The summed E-state index contributed by atoms with van der Waals surface area (Å²) < 4.78 is 7.22. The van der Waals surface area contributed by atoms with E-state index in [0.29, 0.717) is 6.10 Å². The maximum Gasteiger partial charge on any atom is 0.266 e. The summed E-state index contributed by atoms with van der Waals surface area (Å²) >= 11 is 0. The number of aryl methyl sites for hydroxylation is 1. The summed E-state index contributed by atoms with van der Waals surface area (Å²) in [5.41, 5.74) is 2.14. The molecular formula is C14H21N3O2. The Morgan fingerprint density at radius 1 is 1.47 bits per heavy atom. The lowest BCUT2D eigenvalue weighted by atomic mass is 10.0. The molecule has 0 unspecified atom stereocenters. The van der Waals surface area contributed by atoms with E-state index in [1.165, 1.54) is 17.5 Å². The molecule has 3 rings (SSSR count). The lowest BCUT2D eigenvalue weighted by Gasteiger charge is -2.32. The number of rotatable bonds is 2. The Morgan fingerprint density at radius 3 is 3.16 bits per heavy atom. The molecule has 0 radical (unpaired) electrons. The van der Waals surface area contributed by atoms with Crippen LogP contribution in [0.15, 0.2) is 10.9 Å². The summed E-state index contributed by atoms with van der Waals surface area (Å²) in [5, 5.41) is 4.34. The van der Waals surface area contributed by atoms with Crippen molar-refractivity contribution in [2.45, 2.75) is 38.3 Å². The molecule has 0 saturated carbocycles. The molecule has 1 atom stereocenters. The highest BCUT2D eigenvalue weighted by Gasteiger charge is 2.22. The van der Waals surface area contributed by atoms with Crippen molar-refractivity contribution < 1.29 is 4.74 Å². The maximum absolute atomic E-state index is 11.6. The Bertz CT molecular complexity index is 506. The molecule has 2 aliphatic rings. The van der Waals surface area contributed by atoms with Gasteiger partial charge in [-0.15, -0.1) is 0 Å². The fourth-order valence-electron chi connectivity index (χ4n) is 2.95. The Hall–Kier alpha value is -1.20. The van der Waals surface area contributed by atoms with Crippen LogP contribution in [0.3, 0.4) is 0 Å². The third-order valence-corrected chi connectivity index (χ3v) is 4.05. The minimum absolute atomic E-state index is 0.0190. The van der Waals surface area contributed by atoms with Crippen LogP contribution >= 0.6 is 0 Å². The Kier molecular flexibility index (Phi) is 3.66. The fourth-order valence-corrected chi connectivity index (χ4v) is 2.95. The molecule has 5 nitrogen and oxygen atoms in total. The monoisotopic (exact) mass is 263 g/mol. The van der Waals surface area contributed by atoms with E-state index < -0.39 is 0 Å². The van der Waals surface area contributed by atoms with E-state index in [1.807, 2.05) is 0 Å². The van der Waals surface area contributed by atoms with Crippen molar-refractivity contribution in [3.63, 3.8) is 0 Å². The Morgan fingerprint density at radius 2 is 2.37 bits per heavy atom. The number of ether oxygens (including phenoxy) is 1. The topological polar surface area (TPSA) is 47.4 Å². The molecule has 1 aromatic rings. The first-order valence-corrected chi connectivity index (χ1v) is 7.12. The van der Waals surface area contributed by atoms with Gasteiger partial charge in [0.1, 0.15) is 0 Å². The fraction of sp³-hybridized carbons (Fsp3) is 0.714. The standard InChI is InChI=1S/C14H21N3O2/c1-16-14(18)8-11-9-17(6-5-13(11)15-16)10-12-4-2-3-7-19-12/h8,12H,2-7,9-10H2,1H3/t12-/m0/s1. The van der Waals surface area contributed by atoms with E-state index in [9.17, 15) is 4.79 Å². The molecule has 0 N–H and O–H groups in total. The quantitative estimate of drug-likeness (QED) is 0.788. The lowest BCUT2D eigenvalue weighted by molar-refractivity contribution is -0.00818. The molecule has 5 heteroatoms. The van der Waals surface area contributed by atoms with Crippen LogP contribution in [0.4, 0.5) is 0 Å². The van der Waals surface area contributed by atoms with Gasteiger partial charge in [-0.2, -0.15) is 5.10 Å². The Labute approximate surface area is 113 Å². The molecule has 0 aromatic carbocycles. The van der Waals surface area contributed by atoms with E-state index in [4.69, 9.17) is 4.74 Å². The van der Waals surface area contributed by atoms with Gasteiger partial charge in [-0.1, -0.05) is 0 Å². The molecule has 19 heavy (non-hydrogen) atoms. The smallest absolute Gasteiger partial charge is 0.266 e. The third-order valence-electron chi connectivity index (χ3n) is 4.05. The molecule has 0 bridgehead atoms. The maximum atomic E-state index is 11.6. The average molecular weight is 263 g/mol. The summed E-state index contributed by atoms with van der Waals surface area (Å²) in [7, 11) is 1.71. The first kappa shape index (κ1) is 12.8. The minimum Gasteiger partial charge on any atom is -0.377 e. The van der Waals surface area contributed by atoms with Gasteiger partial charge in [0, 0.05) is 45.8 Å². The van der Waals surface area contributed by atoms with E-state index in [2.05, 4.69) is 10.00 Å². The summed E-state index contributed by atoms with van der Waals surface area (Å²) in [6, 6.07) is 1.73. The number of hydrogen-bond donors (Lipinski definition) is 0. The van der Waals surface area contributed by atoms with Gasteiger partial charge in [-0.25, -0.2) is 4.68 Å². The number of fused-ring (bicyclic) bond motifs is 1. The van der Waals surface area contributed by atoms with Crippen molar-refractivity contribution in [3.05, 3.63) is 27.7 Å². The first-order valence-electron chi connectivity index (χ1n) is 7.12. The van der Waals surface area contributed by atoms with Gasteiger partial charge in [0.2, 0.25) is 0 Å². The van der Waals surface area contributed by atoms with Crippen LogP contribution in [0, 0.1) is 0 Å². The highest BCUT2D eigenvalue weighted by atomic mass is 16.5. The van der Waals surface area contributed by atoms with Crippen molar-refractivity contribution in [2.24, 2.45) is 7.05 Å². The molecular weight excluding hydrogens is 242 g/mol. The third kappa shape index (κ3) is 2.87. The van der Waals surface area contributed by atoms with Crippen LogP contribution in [0.1, 0.15) is 30.5 Å². The molecule has 3 heterocycles. The van der Waals surface area contributed by atoms with Crippen LogP contribution in [0.2, 0.25) is 0 Å². The van der Waals surface area contributed by atoms with Crippen LogP contribution in [-0.2, 0) is 24.8 Å². The highest BCUT2D eigenvalue weighted by molar-refractivity contribution is 5.20. The second kappa shape index (κ2) is 5.43. The minimum atomic E-state index is -0.0190. The normalized spacial score (nSPS) is 24.2. The predicted molar refractivity (Wildman–Crippen MR) is 72.1 cm³/mol. The predicted octanol–water partition coefficient (Wildman–Crippen LogP) is 0.707. The summed E-state index contributed by atoms with van der Waals surface area (Å²) in [6.07, 6.45) is 4.93. The van der Waals surface area contributed by atoms with Gasteiger partial charge < -0.3 is 4.74 Å². The average Bonchev–Trinajstić information content (AvgIpc) is 2.42. The molecule has 104 valence electrons. The van der Waals surface area contributed by atoms with Crippen LogP contribution in [0.5, 0.6) is 0 Å². The second-order valence-electron chi connectivity index (χ2n) is 5.55. The largest absolute Gasteiger partial charge is 0.377 e. The molecule has 1 saturated heterocycles. The van der Waals surface area contributed by atoms with Crippen LogP contribution < -0.4 is 5.56 Å². The van der Waals surface area contributed by atoms with Gasteiger partial charge in [0.25, 0.3) is 5.56 Å². The summed E-state index contributed by atoms with van der Waals surface area (Å²) in [6.45, 7) is 3.72. The highest BCUT2D eigenvalue weighted by Crippen LogP contribution is 2.19. The first-order chi connectivity index (χ1) is 9.22. The number of hydrogen-bond acceptors (Lipinski definition) is 4. The van der Waals surface area contributed by atoms with Gasteiger partial charge in [0.15, 0.2) is 0 Å². The molecule has 0 amide bonds. The lowest BCUT2D eigenvalue weighted by Crippen LogP contribution is -2.40.